The van der Waals surface area contributed by atoms with Gasteiger partial charge in [0.15, 0.2) is 0 Å². The van der Waals surface area contributed by atoms with Crippen LogP contribution in [0.5, 0.6) is 11.5 Å². The molecule has 0 saturated carbocycles. The van der Waals surface area contributed by atoms with E-state index in [1.54, 1.807) is 0 Å². The highest BCUT2D eigenvalue weighted by Crippen LogP contribution is 2.49. The van der Waals surface area contributed by atoms with Crippen molar-refractivity contribution >= 4 is 58.3 Å². The highest BCUT2D eigenvalue weighted by molar-refractivity contribution is 6.94. The van der Waals surface area contributed by atoms with Crippen LogP contribution in [-0.2, 0) is 0 Å². The van der Waals surface area contributed by atoms with Gasteiger partial charge in [0.1, 0.15) is 11.5 Å². The Labute approximate surface area is 294 Å². The number of rotatable bonds is 3. The third-order valence-corrected chi connectivity index (χ3v) is 10.7. The van der Waals surface area contributed by atoms with Crippen LogP contribution in [0, 0.1) is 0 Å². The summed E-state index contributed by atoms with van der Waals surface area (Å²) < 4.78 is 7.17. The summed E-state index contributed by atoms with van der Waals surface area (Å²) in [4.78, 5) is 5.06. The molecule has 0 unspecified atom stereocenters. The molecule has 50 heavy (non-hydrogen) atoms. The molecule has 3 heterocycles. The summed E-state index contributed by atoms with van der Waals surface area (Å²) in [6.07, 6.45) is 0. The number of benzene rings is 7. The average molecular weight is 640 g/mol. The Morgan fingerprint density at radius 1 is 0.440 bits per heavy atom. The van der Waals surface area contributed by atoms with E-state index in [4.69, 9.17) is 4.74 Å². The maximum Gasteiger partial charge on any atom is 0.332 e. The van der Waals surface area contributed by atoms with Crippen molar-refractivity contribution in [2.45, 2.75) is 19.8 Å². The molecule has 0 aromatic heterocycles. The Morgan fingerprint density at radius 3 is 1.30 bits per heavy atom. The van der Waals surface area contributed by atoms with E-state index in [-0.39, 0.29) is 19.6 Å². The minimum Gasteiger partial charge on any atom is -0.458 e. The van der Waals surface area contributed by atoms with Crippen molar-refractivity contribution in [1.29, 1.82) is 0 Å². The number of fused-ring (bicyclic) bond motifs is 8. The van der Waals surface area contributed by atoms with Gasteiger partial charge in [-0.1, -0.05) is 129 Å². The molecule has 2 bridgehead atoms. The number of hydrogen-bond donors (Lipinski definition) is 0. The van der Waals surface area contributed by atoms with E-state index in [9.17, 15) is 0 Å². The molecule has 0 amide bonds. The van der Waals surface area contributed by atoms with E-state index in [2.05, 4.69) is 187 Å². The predicted molar refractivity (Wildman–Crippen MR) is 212 cm³/mol. The first-order valence-corrected chi connectivity index (χ1v) is 17.6. The van der Waals surface area contributed by atoms with Crippen molar-refractivity contribution in [2.75, 3.05) is 9.62 Å². The molecular weight excluding hydrogens is 606 g/mol. The van der Waals surface area contributed by atoms with Crippen molar-refractivity contribution in [3.63, 3.8) is 0 Å². The monoisotopic (exact) mass is 640 g/mol. The van der Waals surface area contributed by atoms with Gasteiger partial charge >= 0.3 is 13.7 Å². The topological polar surface area (TPSA) is 15.7 Å². The van der Waals surface area contributed by atoms with Crippen molar-refractivity contribution in [2.24, 2.45) is 0 Å². The molecule has 7 aromatic rings. The predicted octanol–water partition coefficient (Wildman–Crippen LogP) is 8.76. The van der Waals surface area contributed by atoms with Crippen molar-refractivity contribution < 1.29 is 4.74 Å². The van der Waals surface area contributed by atoms with Crippen LogP contribution in [0.15, 0.2) is 164 Å². The Balaban J connectivity index is 1.42. The summed E-state index contributed by atoms with van der Waals surface area (Å²) in [5.74, 6) is 2.01. The zero-order valence-electron chi connectivity index (χ0n) is 28.1. The first-order chi connectivity index (χ1) is 24.7. The Morgan fingerprint density at radius 2 is 0.840 bits per heavy atom. The molecule has 3 aliphatic rings. The van der Waals surface area contributed by atoms with Crippen LogP contribution in [0.25, 0.3) is 22.3 Å². The maximum atomic E-state index is 7.17. The van der Waals surface area contributed by atoms with Gasteiger partial charge in [-0.05, 0) is 93.0 Å². The summed E-state index contributed by atoms with van der Waals surface area (Å²) in [6, 6.07) is 59.5. The van der Waals surface area contributed by atoms with Gasteiger partial charge in [0.05, 0.1) is 0 Å². The van der Waals surface area contributed by atoms with Crippen molar-refractivity contribution in [3.8, 4) is 33.8 Å². The van der Waals surface area contributed by atoms with E-state index in [0.717, 1.165) is 33.8 Å². The van der Waals surface area contributed by atoms with Crippen LogP contribution in [0.4, 0.5) is 22.7 Å². The fraction of sp³-hybridized carbons (Fsp3) is 0.0667. The summed E-state index contributed by atoms with van der Waals surface area (Å²) in [5, 5.41) is 0. The molecule has 236 valence electrons. The molecule has 0 fully saturated rings. The minimum absolute atomic E-state index is 0.130. The van der Waals surface area contributed by atoms with Gasteiger partial charge in [-0.3, -0.25) is 0 Å². The van der Waals surface area contributed by atoms with Gasteiger partial charge in [0, 0.05) is 33.9 Å². The standard InChI is InChI=1S/C45H34B2N2O/c1-30(2)43-44-33-21-9-13-25-39(33)48(31-17-5-3-6-18-31)46-35-23-11-15-27-41(35)50-42-28-16-12-24-36(42)47-38(29-37(44)46)45(43)34-22-10-14-26-40(34)49(47)32-19-7-4-8-20-32/h3-30H,1-2H3. The number of nitrogens with zero attached hydrogens (tertiary/aromatic N) is 2. The number of para-hydroxylation sites is 6. The normalized spacial score (nSPS) is 13.6. The Kier molecular flexibility index (Phi) is 6.57. The lowest BCUT2D eigenvalue weighted by Gasteiger charge is -2.45. The summed E-state index contributed by atoms with van der Waals surface area (Å²) in [7, 11) is 0. The third kappa shape index (κ3) is 4.19. The van der Waals surface area contributed by atoms with Gasteiger partial charge in [-0.2, -0.15) is 0 Å². The molecule has 10 rings (SSSR count). The molecule has 0 N–H and O–H groups in total. The SMILES string of the molecule is CC(C)c1c2c3cc4c1-c1ccccc1N(c1ccccc1)B4c1ccccc1Oc1ccccc1B3N(c1ccccc1)c1ccccc1-2. The lowest BCUT2D eigenvalue weighted by molar-refractivity contribution is 0.490. The van der Waals surface area contributed by atoms with Crippen LogP contribution < -0.4 is 36.2 Å². The fourth-order valence-corrected chi connectivity index (χ4v) is 8.79. The Hall–Kier alpha value is -5.93. The molecule has 3 aliphatic heterocycles. The highest BCUT2D eigenvalue weighted by atomic mass is 16.5. The van der Waals surface area contributed by atoms with Crippen LogP contribution in [0.1, 0.15) is 25.3 Å². The second-order valence-electron chi connectivity index (χ2n) is 13.8. The molecule has 0 atom stereocenters. The van der Waals surface area contributed by atoms with Crippen LogP contribution in [0.3, 0.4) is 0 Å². The molecule has 0 radical (unpaired) electrons. The fourth-order valence-electron chi connectivity index (χ4n) is 8.79. The van der Waals surface area contributed by atoms with Crippen LogP contribution in [0.2, 0.25) is 0 Å². The minimum atomic E-state index is -0.130. The second-order valence-corrected chi connectivity index (χ2v) is 13.8. The molecular formula is C45H34B2N2O. The third-order valence-electron chi connectivity index (χ3n) is 10.7. The van der Waals surface area contributed by atoms with Gasteiger partial charge in [0.2, 0.25) is 0 Å². The zero-order chi connectivity index (χ0) is 33.3. The lowest BCUT2D eigenvalue weighted by atomic mass is 9.40. The van der Waals surface area contributed by atoms with Gasteiger partial charge in [-0.25, -0.2) is 0 Å². The molecule has 0 saturated heterocycles. The molecule has 0 spiro atoms. The lowest BCUT2D eigenvalue weighted by Crippen LogP contribution is -2.63. The van der Waals surface area contributed by atoms with Gasteiger partial charge in [0.25, 0.3) is 0 Å². The van der Waals surface area contributed by atoms with Crippen molar-refractivity contribution in [3.05, 3.63) is 169 Å². The van der Waals surface area contributed by atoms with E-state index in [1.165, 1.54) is 50.1 Å². The molecule has 5 heteroatoms. The van der Waals surface area contributed by atoms with E-state index < -0.39 is 0 Å². The largest absolute Gasteiger partial charge is 0.458 e. The first kappa shape index (κ1) is 29.0. The quantitative estimate of drug-likeness (QED) is 0.180. The summed E-state index contributed by atoms with van der Waals surface area (Å²) in [5.41, 5.74) is 16.3. The number of ether oxygens (including phenoxy) is 1. The van der Waals surface area contributed by atoms with E-state index in [1.807, 2.05) is 0 Å². The first-order valence-electron chi connectivity index (χ1n) is 17.6. The maximum absolute atomic E-state index is 7.17. The number of anilines is 4. The molecule has 3 nitrogen and oxygen atoms in total. The van der Waals surface area contributed by atoms with Crippen LogP contribution >= 0.6 is 0 Å². The summed E-state index contributed by atoms with van der Waals surface area (Å²) in [6.45, 7) is 4.48. The number of hydrogen-bond acceptors (Lipinski definition) is 3. The van der Waals surface area contributed by atoms with Crippen LogP contribution in [-0.4, -0.2) is 13.7 Å². The second kappa shape index (κ2) is 11.3. The smallest absolute Gasteiger partial charge is 0.332 e. The molecule has 7 aromatic carbocycles. The van der Waals surface area contributed by atoms with Crippen molar-refractivity contribution in [1.82, 2.24) is 0 Å². The highest BCUT2D eigenvalue weighted by Gasteiger charge is 2.46. The Bertz CT molecular complexity index is 2260. The molecule has 0 aliphatic carbocycles. The van der Waals surface area contributed by atoms with Gasteiger partial charge < -0.3 is 14.4 Å². The average Bonchev–Trinajstić information content (AvgIpc) is 3.17. The van der Waals surface area contributed by atoms with Gasteiger partial charge in [-0.15, -0.1) is 0 Å². The summed E-state index contributed by atoms with van der Waals surface area (Å²) >= 11 is 0. The zero-order valence-corrected chi connectivity index (χ0v) is 28.1. The van der Waals surface area contributed by atoms with E-state index >= 15 is 0 Å². The van der Waals surface area contributed by atoms with E-state index in [0.29, 0.717) is 0 Å².